The highest BCUT2D eigenvalue weighted by Gasteiger charge is 2.33. The summed E-state index contributed by atoms with van der Waals surface area (Å²) in [6, 6.07) is 0. The largest absolute Gasteiger partial charge is 0.481 e. The lowest BCUT2D eigenvalue weighted by molar-refractivity contribution is -0.148. The van der Waals surface area contributed by atoms with Crippen LogP contribution in [-0.2, 0) is 9.59 Å². The standard InChI is InChI=1S/C12H23NO3/c1-11(2,3)8(10(15)16)7-9(14)13-12(4,5)6/h8H,7H2,1-6H3,(H,13,14)(H,15,16)/t8-/m1/s1. The number of nitrogens with one attached hydrogen (secondary N) is 1. The second-order valence-corrected chi connectivity index (χ2v) is 6.26. The molecule has 94 valence electrons. The van der Waals surface area contributed by atoms with Gasteiger partial charge in [0.05, 0.1) is 5.92 Å². The van der Waals surface area contributed by atoms with Crippen LogP contribution in [0.15, 0.2) is 0 Å². The second-order valence-electron chi connectivity index (χ2n) is 6.26. The highest BCUT2D eigenvalue weighted by molar-refractivity contribution is 5.83. The number of carboxylic acid groups (broad SMARTS) is 1. The van der Waals surface area contributed by atoms with E-state index in [-0.39, 0.29) is 17.9 Å². The van der Waals surface area contributed by atoms with E-state index in [4.69, 9.17) is 5.11 Å². The Morgan fingerprint density at radius 1 is 1.12 bits per heavy atom. The van der Waals surface area contributed by atoms with E-state index in [1.165, 1.54) is 0 Å². The lowest BCUT2D eigenvalue weighted by Gasteiger charge is -2.28. The number of amides is 1. The third-order valence-corrected chi connectivity index (χ3v) is 2.25. The van der Waals surface area contributed by atoms with Crippen LogP contribution in [-0.4, -0.2) is 22.5 Å². The van der Waals surface area contributed by atoms with Gasteiger partial charge in [-0.3, -0.25) is 9.59 Å². The van der Waals surface area contributed by atoms with E-state index in [1.807, 2.05) is 41.5 Å². The molecule has 0 spiro atoms. The summed E-state index contributed by atoms with van der Waals surface area (Å²) in [5.41, 5.74) is -0.737. The van der Waals surface area contributed by atoms with Crippen LogP contribution >= 0.6 is 0 Å². The zero-order chi connectivity index (χ0) is 13.1. The van der Waals surface area contributed by atoms with E-state index in [2.05, 4.69) is 5.32 Å². The first-order valence-electron chi connectivity index (χ1n) is 5.47. The summed E-state index contributed by atoms with van der Waals surface area (Å²) >= 11 is 0. The molecule has 0 saturated carbocycles. The summed E-state index contributed by atoms with van der Waals surface area (Å²) in [6.07, 6.45) is 0.0239. The molecule has 4 heteroatoms. The average Bonchev–Trinajstić information content (AvgIpc) is 1.93. The smallest absolute Gasteiger partial charge is 0.307 e. The summed E-state index contributed by atoms with van der Waals surface area (Å²) < 4.78 is 0. The first kappa shape index (κ1) is 14.9. The van der Waals surface area contributed by atoms with Crippen molar-refractivity contribution in [3.8, 4) is 0 Å². The van der Waals surface area contributed by atoms with E-state index in [9.17, 15) is 9.59 Å². The lowest BCUT2D eigenvalue weighted by Crippen LogP contribution is -2.43. The fraction of sp³-hybridized carbons (Fsp3) is 0.833. The van der Waals surface area contributed by atoms with Crippen molar-refractivity contribution in [3.63, 3.8) is 0 Å². The minimum atomic E-state index is -0.920. The van der Waals surface area contributed by atoms with Crippen LogP contribution in [0.1, 0.15) is 48.0 Å². The van der Waals surface area contributed by atoms with Gasteiger partial charge in [0.25, 0.3) is 0 Å². The van der Waals surface area contributed by atoms with Gasteiger partial charge in [0, 0.05) is 12.0 Å². The quantitative estimate of drug-likeness (QED) is 0.778. The summed E-state index contributed by atoms with van der Waals surface area (Å²) in [4.78, 5) is 22.7. The van der Waals surface area contributed by atoms with Crippen LogP contribution in [0.4, 0.5) is 0 Å². The zero-order valence-electron chi connectivity index (χ0n) is 11.0. The average molecular weight is 229 g/mol. The molecule has 4 nitrogen and oxygen atoms in total. The molecular weight excluding hydrogens is 206 g/mol. The van der Waals surface area contributed by atoms with Crippen molar-refractivity contribution in [1.82, 2.24) is 5.32 Å². The molecule has 16 heavy (non-hydrogen) atoms. The first-order chi connectivity index (χ1) is 6.93. The van der Waals surface area contributed by atoms with Crippen LogP contribution in [0.2, 0.25) is 0 Å². The Morgan fingerprint density at radius 2 is 1.56 bits per heavy atom. The first-order valence-corrected chi connectivity index (χ1v) is 5.47. The van der Waals surface area contributed by atoms with Crippen LogP contribution in [0, 0.1) is 11.3 Å². The van der Waals surface area contributed by atoms with E-state index in [1.54, 1.807) is 0 Å². The maximum absolute atomic E-state index is 11.6. The summed E-state index contributed by atoms with van der Waals surface area (Å²) in [5, 5.41) is 11.9. The lowest BCUT2D eigenvalue weighted by atomic mass is 9.78. The van der Waals surface area contributed by atoms with Crippen LogP contribution in [0.3, 0.4) is 0 Å². The minimum Gasteiger partial charge on any atom is -0.481 e. The monoisotopic (exact) mass is 229 g/mol. The summed E-state index contributed by atoms with van der Waals surface area (Å²) in [6.45, 7) is 11.1. The Morgan fingerprint density at radius 3 is 1.81 bits per heavy atom. The van der Waals surface area contributed by atoms with Gasteiger partial charge in [-0.15, -0.1) is 0 Å². The number of hydrogen-bond acceptors (Lipinski definition) is 2. The topological polar surface area (TPSA) is 66.4 Å². The van der Waals surface area contributed by atoms with Crippen molar-refractivity contribution >= 4 is 11.9 Å². The maximum atomic E-state index is 11.6. The Bertz CT molecular complexity index is 271. The number of carbonyl (C=O) groups excluding carboxylic acids is 1. The van der Waals surface area contributed by atoms with Gasteiger partial charge >= 0.3 is 5.97 Å². The van der Waals surface area contributed by atoms with Crippen molar-refractivity contribution in [1.29, 1.82) is 0 Å². The number of rotatable bonds is 3. The van der Waals surface area contributed by atoms with Gasteiger partial charge in [-0.1, -0.05) is 20.8 Å². The molecule has 0 bridgehead atoms. The molecule has 2 N–H and O–H groups in total. The normalized spacial score (nSPS) is 14.4. The molecule has 0 aliphatic carbocycles. The Hall–Kier alpha value is -1.06. The van der Waals surface area contributed by atoms with Crippen molar-refractivity contribution in [2.75, 3.05) is 0 Å². The number of carboxylic acids is 1. The van der Waals surface area contributed by atoms with Crippen molar-refractivity contribution in [3.05, 3.63) is 0 Å². The molecule has 0 saturated heterocycles. The molecule has 0 aliphatic rings. The number of hydrogen-bond donors (Lipinski definition) is 2. The van der Waals surface area contributed by atoms with Gasteiger partial charge in [-0.25, -0.2) is 0 Å². The summed E-state index contributed by atoms with van der Waals surface area (Å²) in [5.74, 6) is -1.79. The van der Waals surface area contributed by atoms with Crippen LogP contribution in [0.25, 0.3) is 0 Å². The van der Waals surface area contributed by atoms with Gasteiger partial charge in [-0.2, -0.15) is 0 Å². The third kappa shape index (κ3) is 5.73. The molecule has 0 fully saturated rings. The predicted molar refractivity (Wildman–Crippen MR) is 63.1 cm³/mol. The van der Waals surface area contributed by atoms with E-state index in [0.717, 1.165) is 0 Å². The van der Waals surface area contributed by atoms with Crippen LogP contribution < -0.4 is 5.32 Å². The van der Waals surface area contributed by atoms with E-state index < -0.39 is 17.3 Å². The molecule has 0 aromatic carbocycles. The molecule has 1 atom stereocenters. The highest BCUT2D eigenvalue weighted by Crippen LogP contribution is 2.29. The molecule has 0 aliphatic heterocycles. The van der Waals surface area contributed by atoms with Gasteiger partial charge < -0.3 is 10.4 Å². The SMILES string of the molecule is CC(C)(C)NC(=O)C[C@H](C(=O)O)C(C)(C)C. The van der Waals surface area contributed by atoms with Crippen molar-refractivity contribution in [2.45, 2.75) is 53.5 Å². The predicted octanol–water partition coefficient (Wildman–Crippen LogP) is 2.04. The molecule has 0 rings (SSSR count). The van der Waals surface area contributed by atoms with Gasteiger partial charge in [0.15, 0.2) is 0 Å². The summed E-state index contributed by atoms with van der Waals surface area (Å²) in [7, 11) is 0. The van der Waals surface area contributed by atoms with Crippen molar-refractivity contribution in [2.24, 2.45) is 11.3 Å². The molecule has 1 amide bonds. The van der Waals surface area contributed by atoms with Crippen LogP contribution in [0.5, 0.6) is 0 Å². The van der Waals surface area contributed by atoms with Crippen molar-refractivity contribution < 1.29 is 14.7 Å². The molecule has 0 aromatic rings. The second kappa shape index (κ2) is 4.85. The zero-order valence-corrected chi connectivity index (χ0v) is 11.0. The molecule has 0 heterocycles. The fourth-order valence-corrected chi connectivity index (χ4v) is 1.42. The van der Waals surface area contributed by atoms with E-state index >= 15 is 0 Å². The van der Waals surface area contributed by atoms with Gasteiger partial charge in [0.1, 0.15) is 0 Å². The van der Waals surface area contributed by atoms with Gasteiger partial charge in [-0.05, 0) is 26.2 Å². The Balaban J connectivity index is 4.56. The highest BCUT2D eigenvalue weighted by atomic mass is 16.4. The molecular formula is C12H23NO3. The minimum absolute atomic E-state index is 0.0239. The molecule has 0 unspecified atom stereocenters. The Kier molecular flexibility index (Phi) is 4.53. The number of carbonyl (C=O) groups is 2. The molecule has 0 aromatic heterocycles. The maximum Gasteiger partial charge on any atom is 0.307 e. The van der Waals surface area contributed by atoms with E-state index in [0.29, 0.717) is 0 Å². The molecule has 0 radical (unpaired) electrons. The van der Waals surface area contributed by atoms with Gasteiger partial charge in [0.2, 0.25) is 5.91 Å². The Labute approximate surface area is 97.4 Å². The fourth-order valence-electron chi connectivity index (χ4n) is 1.42. The number of aliphatic carboxylic acids is 1. The third-order valence-electron chi connectivity index (χ3n) is 2.25.